The number of methoxy groups -OCH3 is 1. The van der Waals surface area contributed by atoms with Crippen molar-refractivity contribution in [3.05, 3.63) is 0 Å². The summed E-state index contributed by atoms with van der Waals surface area (Å²) in [7, 11) is 1.71. The number of nitrogens with zero attached hydrogens (tertiary/aromatic N) is 2. The Morgan fingerprint density at radius 3 is 2.64 bits per heavy atom. The van der Waals surface area contributed by atoms with Gasteiger partial charge < -0.3 is 14.4 Å². The highest BCUT2D eigenvalue weighted by Gasteiger charge is 2.47. The zero-order valence-electron chi connectivity index (χ0n) is 13.9. The van der Waals surface area contributed by atoms with Crippen LogP contribution in [0.4, 0.5) is 0 Å². The first-order valence-corrected chi connectivity index (χ1v) is 8.82. The molecule has 3 rings (SSSR count). The Labute approximate surface area is 133 Å². The van der Waals surface area contributed by atoms with Crippen LogP contribution in [0.15, 0.2) is 0 Å². The summed E-state index contributed by atoms with van der Waals surface area (Å²) < 4.78 is 10.8. The topological polar surface area (TPSA) is 42.0 Å². The number of likely N-dealkylation sites (tertiary alicyclic amines) is 1. The number of piperidine rings is 1. The molecule has 1 saturated carbocycles. The van der Waals surface area contributed by atoms with Crippen LogP contribution in [0.2, 0.25) is 0 Å². The highest BCUT2D eigenvalue weighted by Crippen LogP contribution is 2.43. The van der Waals surface area contributed by atoms with E-state index in [0.717, 1.165) is 65.2 Å². The van der Waals surface area contributed by atoms with Crippen molar-refractivity contribution in [2.45, 2.75) is 32.1 Å². The highest BCUT2D eigenvalue weighted by atomic mass is 16.5. The van der Waals surface area contributed by atoms with E-state index in [9.17, 15) is 4.79 Å². The van der Waals surface area contributed by atoms with Gasteiger partial charge in [-0.2, -0.15) is 0 Å². The average molecular weight is 310 g/mol. The van der Waals surface area contributed by atoms with Gasteiger partial charge in [0.2, 0.25) is 5.91 Å². The summed E-state index contributed by atoms with van der Waals surface area (Å²) in [6.45, 7) is 7.36. The van der Waals surface area contributed by atoms with Gasteiger partial charge in [-0.05, 0) is 31.6 Å². The van der Waals surface area contributed by atoms with Crippen LogP contribution in [-0.2, 0) is 14.3 Å². The molecule has 3 aliphatic rings. The lowest BCUT2D eigenvalue weighted by Crippen LogP contribution is -2.54. The fourth-order valence-electron chi connectivity index (χ4n) is 4.18. The molecule has 22 heavy (non-hydrogen) atoms. The Morgan fingerprint density at radius 1 is 1.23 bits per heavy atom. The first-order valence-electron chi connectivity index (χ1n) is 8.82. The number of carbonyl (C=O) groups is 1. The van der Waals surface area contributed by atoms with Crippen molar-refractivity contribution in [3.63, 3.8) is 0 Å². The molecular formula is C17H30N2O3. The van der Waals surface area contributed by atoms with E-state index < -0.39 is 0 Å². The molecule has 1 atom stereocenters. The normalized spacial score (nSPS) is 29.1. The summed E-state index contributed by atoms with van der Waals surface area (Å²) >= 11 is 0. The third-order valence-corrected chi connectivity index (χ3v) is 5.61. The number of rotatable bonds is 5. The fourth-order valence-corrected chi connectivity index (χ4v) is 4.18. The van der Waals surface area contributed by atoms with Gasteiger partial charge in [-0.25, -0.2) is 0 Å². The molecule has 2 aliphatic heterocycles. The molecule has 1 unspecified atom stereocenters. The first kappa shape index (κ1) is 16.2. The summed E-state index contributed by atoms with van der Waals surface area (Å²) in [5.41, 5.74) is -0.199. The molecule has 2 saturated heterocycles. The third-order valence-electron chi connectivity index (χ3n) is 5.61. The third kappa shape index (κ3) is 3.47. The van der Waals surface area contributed by atoms with Gasteiger partial charge in [0.05, 0.1) is 25.2 Å². The largest absolute Gasteiger partial charge is 0.384 e. The predicted octanol–water partition coefficient (Wildman–Crippen LogP) is 1.37. The van der Waals surface area contributed by atoms with E-state index in [1.54, 1.807) is 7.11 Å². The second-order valence-corrected chi connectivity index (χ2v) is 7.24. The monoisotopic (exact) mass is 310 g/mol. The molecule has 126 valence electrons. The van der Waals surface area contributed by atoms with Gasteiger partial charge >= 0.3 is 0 Å². The van der Waals surface area contributed by atoms with E-state index in [0.29, 0.717) is 18.4 Å². The lowest BCUT2D eigenvalue weighted by molar-refractivity contribution is -0.154. The Kier molecular flexibility index (Phi) is 5.37. The molecule has 0 spiro atoms. The van der Waals surface area contributed by atoms with Crippen LogP contribution in [0.1, 0.15) is 32.1 Å². The summed E-state index contributed by atoms with van der Waals surface area (Å²) in [5, 5.41) is 0. The van der Waals surface area contributed by atoms with Gasteiger partial charge in [-0.15, -0.1) is 0 Å². The lowest BCUT2D eigenvalue weighted by atomic mass is 9.68. The molecule has 1 amide bonds. The Bertz CT molecular complexity index is 378. The average Bonchev–Trinajstić information content (AvgIpc) is 2.51. The molecule has 5 nitrogen and oxygen atoms in total. The maximum atomic E-state index is 12.9. The SMILES string of the molecule is COCC1(C(=O)N2CCCC(CN3CCOCC3)C2)CCC1. The van der Waals surface area contributed by atoms with Gasteiger partial charge in [-0.3, -0.25) is 9.69 Å². The van der Waals surface area contributed by atoms with Crippen LogP contribution < -0.4 is 0 Å². The Balaban J connectivity index is 1.54. The number of hydrogen-bond donors (Lipinski definition) is 0. The van der Waals surface area contributed by atoms with Crippen molar-refractivity contribution < 1.29 is 14.3 Å². The molecule has 0 aromatic heterocycles. The standard InChI is InChI=1S/C17H30N2O3/c1-21-14-17(5-3-6-17)16(20)19-7-2-4-15(13-19)12-18-8-10-22-11-9-18/h15H,2-14H2,1H3. The van der Waals surface area contributed by atoms with Gasteiger partial charge in [-0.1, -0.05) is 6.42 Å². The Hall–Kier alpha value is -0.650. The molecule has 2 heterocycles. The van der Waals surface area contributed by atoms with Gasteiger partial charge in [0, 0.05) is 39.8 Å². The molecule has 1 aliphatic carbocycles. The molecule has 3 fully saturated rings. The molecular weight excluding hydrogens is 280 g/mol. The van der Waals surface area contributed by atoms with Gasteiger partial charge in [0.25, 0.3) is 0 Å². The zero-order chi connectivity index (χ0) is 15.4. The molecule has 0 aromatic rings. The fraction of sp³-hybridized carbons (Fsp3) is 0.941. The van der Waals surface area contributed by atoms with Crippen molar-refractivity contribution in [2.75, 3.05) is 59.7 Å². The number of amides is 1. The highest BCUT2D eigenvalue weighted by molar-refractivity contribution is 5.84. The quantitative estimate of drug-likeness (QED) is 0.769. The minimum absolute atomic E-state index is 0.199. The van der Waals surface area contributed by atoms with Crippen LogP contribution >= 0.6 is 0 Å². The van der Waals surface area contributed by atoms with E-state index >= 15 is 0 Å². The number of hydrogen-bond acceptors (Lipinski definition) is 4. The van der Waals surface area contributed by atoms with E-state index in [1.165, 1.54) is 12.8 Å². The minimum Gasteiger partial charge on any atom is -0.384 e. The maximum Gasteiger partial charge on any atom is 0.231 e. The summed E-state index contributed by atoms with van der Waals surface area (Å²) in [4.78, 5) is 17.6. The molecule has 0 aromatic carbocycles. The number of carbonyl (C=O) groups excluding carboxylic acids is 1. The van der Waals surface area contributed by atoms with Crippen LogP contribution in [0.3, 0.4) is 0 Å². The minimum atomic E-state index is -0.199. The second kappa shape index (κ2) is 7.28. The van der Waals surface area contributed by atoms with Gasteiger partial charge in [0.1, 0.15) is 0 Å². The van der Waals surface area contributed by atoms with Crippen LogP contribution in [0.25, 0.3) is 0 Å². The smallest absolute Gasteiger partial charge is 0.231 e. The summed E-state index contributed by atoms with van der Waals surface area (Å²) in [5.74, 6) is 0.975. The summed E-state index contributed by atoms with van der Waals surface area (Å²) in [6, 6.07) is 0. The van der Waals surface area contributed by atoms with Crippen LogP contribution in [0, 0.1) is 11.3 Å². The first-order chi connectivity index (χ1) is 10.7. The van der Waals surface area contributed by atoms with Crippen molar-refractivity contribution in [3.8, 4) is 0 Å². The van der Waals surface area contributed by atoms with Gasteiger partial charge in [0.15, 0.2) is 0 Å². The van der Waals surface area contributed by atoms with Crippen molar-refractivity contribution >= 4 is 5.91 Å². The van der Waals surface area contributed by atoms with E-state index in [4.69, 9.17) is 9.47 Å². The van der Waals surface area contributed by atoms with Crippen molar-refractivity contribution in [1.29, 1.82) is 0 Å². The maximum absolute atomic E-state index is 12.9. The molecule has 0 radical (unpaired) electrons. The second-order valence-electron chi connectivity index (χ2n) is 7.24. The van der Waals surface area contributed by atoms with Crippen molar-refractivity contribution in [1.82, 2.24) is 9.80 Å². The summed E-state index contributed by atoms with van der Waals surface area (Å²) in [6.07, 6.45) is 5.57. The molecule has 0 N–H and O–H groups in total. The predicted molar refractivity (Wildman–Crippen MR) is 84.7 cm³/mol. The molecule has 5 heteroatoms. The zero-order valence-corrected chi connectivity index (χ0v) is 13.9. The lowest BCUT2D eigenvalue weighted by Gasteiger charge is -2.45. The van der Waals surface area contributed by atoms with Crippen LogP contribution in [-0.4, -0.2) is 75.4 Å². The molecule has 0 bridgehead atoms. The number of ether oxygens (including phenoxy) is 2. The van der Waals surface area contributed by atoms with Crippen LogP contribution in [0.5, 0.6) is 0 Å². The van der Waals surface area contributed by atoms with Crippen molar-refractivity contribution in [2.24, 2.45) is 11.3 Å². The van der Waals surface area contributed by atoms with E-state index in [1.807, 2.05) is 0 Å². The van der Waals surface area contributed by atoms with E-state index in [2.05, 4.69) is 9.80 Å². The number of morpholine rings is 1. The Morgan fingerprint density at radius 2 is 2.00 bits per heavy atom. The van der Waals surface area contributed by atoms with E-state index in [-0.39, 0.29) is 5.41 Å².